The lowest BCUT2D eigenvalue weighted by atomic mass is 10.1. The molecule has 0 amide bonds. The molecule has 0 fully saturated rings. The van der Waals surface area contributed by atoms with Crippen molar-refractivity contribution in [3.05, 3.63) is 36.2 Å². The molecule has 2 aromatic rings. The molecule has 5 heteroatoms. The van der Waals surface area contributed by atoms with Gasteiger partial charge in [0.1, 0.15) is 5.82 Å². The summed E-state index contributed by atoms with van der Waals surface area (Å²) in [7, 11) is 2.02. The van der Waals surface area contributed by atoms with Gasteiger partial charge in [-0.3, -0.25) is 4.68 Å². The highest BCUT2D eigenvalue weighted by Gasteiger charge is 2.13. The summed E-state index contributed by atoms with van der Waals surface area (Å²) >= 11 is 0. The Morgan fingerprint density at radius 1 is 1.32 bits per heavy atom. The average molecular weight is 261 g/mol. The first-order valence-corrected chi connectivity index (χ1v) is 6.68. The molecule has 2 heterocycles. The number of aromatic nitrogens is 4. The number of nitrogens with one attached hydrogen (secondary N) is 1. The molecule has 0 radical (unpaired) electrons. The summed E-state index contributed by atoms with van der Waals surface area (Å²) in [5.41, 5.74) is 1.26. The summed E-state index contributed by atoms with van der Waals surface area (Å²) in [5, 5.41) is 7.82. The molecule has 0 unspecified atom stereocenters. The Bertz CT molecular complexity index is 518. The van der Waals surface area contributed by atoms with Crippen molar-refractivity contribution in [2.24, 2.45) is 7.05 Å². The largest absolute Gasteiger partial charge is 0.338 e. The lowest BCUT2D eigenvalue weighted by Crippen LogP contribution is -2.22. The summed E-state index contributed by atoms with van der Waals surface area (Å²) in [6, 6.07) is 0. The van der Waals surface area contributed by atoms with Crippen LogP contribution in [0.15, 0.2) is 24.8 Å². The molecular weight excluding hydrogens is 238 g/mol. The van der Waals surface area contributed by atoms with Crippen LogP contribution in [0.2, 0.25) is 0 Å². The zero-order valence-electron chi connectivity index (χ0n) is 12.2. The molecular formula is C14H23N5. The zero-order valence-corrected chi connectivity index (χ0v) is 12.2. The number of hydrogen-bond donors (Lipinski definition) is 1. The highest BCUT2D eigenvalue weighted by molar-refractivity contribution is 5.05. The number of imidazole rings is 1. The van der Waals surface area contributed by atoms with E-state index in [0.29, 0.717) is 0 Å². The number of aryl methyl sites for hydroxylation is 1. The van der Waals surface area contributed by atoms with E-state index in [1.165, 1.54) is 5.56 Å². The van der Waals surface area contributed by atoms with Crippen LogP contribution in [-0.4, -0.2) is 25.9 Å². The molecule has 0 aliphatic heterocycles. The Morgan fingerprint density at radius 2 is 2.11 bits per heavy atom. The van der Waals surface area contributed by atoms with Gasteiger partial charge in [0.15, 0.2) is 0 Å². The van der Waals surface area contributed by atoms with E-state index in [0.717, 1.165) is 25.3 Å². The molecule has 19 heavy (non-hydrogen) atoms. The SMILES string of the molecule is Cn1ccnc1CCNCc1cnn(C(C)(C)C)c1. The van der Waals surface area contributed by atoms with Crippen LogP contribution in [0.1, 0.15) is 32.2 Å². The fourth-order valence-corrected chi connectivity index (χ4v) is 1.89. The fourth-order valence-electron chi connectivity index (χ4n) is 1.89. The van der Waals surface area contributed by atoms with E-state index in [9.17, 15) is 0 Å². The van der Waals surface area contributed by atoms with Gasteiger partial charge in [-0.15, -0.1) is 0 Å². The van der Waals surface area contributed by atoms with Crippen LogP contribution in [0.4, 0.5) is 0 Å². The summed E-state index contributed by atoms with van der Waals surface area (Å²) in [4.78, 5) is 4.30. The van der Waals surface area contributed by atoms with E-state index in [1.54, 1.807) is 0 Å². The highest BCUT2D eigenvalue weighted by atomic mass is 15.3. The first-order chi connectivity index (χ1) is 8.97. The Labute approximate surface area is 114 Å². The van der Waals surface area contributed by atoms with Gasteiger partial charge in [0.25, 0.3) is 0 Å². The molecule has 5 nitrogen and oxygen atoms in total. The van der Waals surface area contributed by atoms with Gasteiger partial charge >= 0.3 is 0 Å². The van der Waals surface area contributed by atoms with Crippen LogP contribution in [-0.2, 0) is 25.6 Å². The maximum absolute atomic E-state index is 4.39. The lowest BCUT2D eigenvalue weighted by molar-refractivity contribution is 0.355. The molecule has 0 aromatic carbocycles. The number of hydrogen-bond acceptors (Lipinski definition) is 3. The quantitative estimate of drug-likeness (QED) is 0.833. The minimum absolute atomic E-state index is 0.0468. The van der Waals surface area contributed by atoms with Gasteiger partial charge in [-0.2, -0.15) is 5.10 Å². The van der Waals surface area contributed by atoms with Crippen molar-refractivity contribution >= 4 is 0 Å². The van der Waals surface area contributed by atoms with Gasteiger partial charge < -0.3 is 9.88 Å². The minimum atomic E-state index is 0.0468. The van der Waals surface area contributed by atoms with Gasteiger partial charge in [-0.25, -0.2) is 4.98 Å². The third-order valence-electron chi connectivity index (χ3n) is 3.10. The molecule has 0 aliphatic carbocycles. The highest BCUT2D eigenvalue weighted by Crippen LogP contribution is 2.12. The standard InChI is InChI=1S/C14H23N5/c1-14(2,3)19-11-12(10-17-19)9-15-6-5-13-16-7-8-18(13)4/h7-8,10-11,15H,5-6,9H2,1-4H3. The van der Waals surface area contributed by atoms with Crippen molar-refractivity contribution in [1.82, 2.24) is 24.6 Å². The minimum Gasteiger partial charge on any atom is -0.338 e. The Morgan fingerprint density at radius 3 is 2.68 bits per heavy atom. The number of rotatable bonds is 5. The molecule has 2 aromatic heterocycles. The predicted octanol–water partition coefficient (Wildman–Crippen LogP) is 1.70. The normalized spacial score (nSPS) is 12.0. The molecule has 0 aliphatic rings. The first-order valence-electron chi connectivity index (χ1n) is 6.68. The number of nitrogens with zero attached hydrogens (tertiary/aromatic N) is 4. The summed E-state index contributed by atoms with van der Waals surface area (Å²) in [5.74, 6) is 1.11. The van der Waals surface area contributed by atoms with E-state index >= 15 is 0 Å². The fraction of sp³-hybridized carbons (Fsp3) is 0.571. The second kappa shape index (κ2) is 5.57. The van der Waals surface area contributed by atoms with Crippen molar-refractivity contribution in [2.45, 2.75) is 39.3 Å². The van der Waals surface area contributed by atoms with Gasteiger partial charge in [0.2, 0.25) is 0 Å². The van der Waals surface area contributed by atoms with Crippen LogP contribution in [0.5, 0.6) is 0 Å². The first kappa shape index (κ1) is 13.8. The summed E-state index contributed by atoms with van der Waals surface area (Å²) in [6.07, 6.45) is 8.79. The van der Waals surface area contributed by atoms with Gasteiger partial charge in [0.05, 0.1) is 11.7 Å². The molecule has 0 spiro atoms. The molecule has 0 saturated heterocycles. The topological polar surface area (TPSA) is 47.7 Å². The van der Waals surface area contributed by atoms with E-state index in [1.807, 2.05) is 30.3 Å². The summed E-state index contributed by atoms with van der Waals surface area (Å²) < 4.78 is 4.06. The van der Waals surface area contributed by atoms with E-state index in [2.05, 4.69) is 46.9 Å². The van der Waals surface area contributed by atoms with Crippen molar-refractivity contribution in [3.63, 3.8) is 0 Å². The molecule has 104 valence electrons. The predicted molar refractivity (Wildman–Crippen MR) is 75.8 cm³/mol. The van der Waals surface area contributed by atoms with Crippen LogP contribution >= 0.6 is 0 Å². The van der Waals surface area contributed by atoms with Gasteiger partial charge in [0, 0.05) is 50.7 Å². The third-order valence-corrected chi connectivity index (χ3v) is 3.10. The maximum Gasteiger partial charge on any atom is 0.109 e. The summed E-state index contributed by atoms with van der Waals surface area (Å²) in [6.45, 7) is 8.22. The van der Waals surface area contributed by atoms with Gasteiger partial charge in [-0.05, 0) is 20.8 Å². The van der Waals surface area contributed by atoms with E-state index in [4.69, 9.17) is 0 Å². The van der Waals surface area contributed by atoms with Gasteiger partial charge in [-0.1, -0.05) is 0 Å². The van der Waals surface area contributed by atoms with Crippen LogP contribution < -0.4 is 5.32 Å². The molecule has 0 saturated carbocycles. The Hall–Kier alpha value is -1.62. The maximum atomic E-state index is 4.39. The average Bonchev–Trinajstić information content (AvgIpc) is 2.93. The molecule has 0 bridgehead atoms. The second-order valence-corrected chi connectivity index (χ2v) is 5.85. The molecule has 1 N–H and O–H groups in total. The third kappa shape index (κ3) is 3.67. The molecule has 0 atom stereocenters. The van der Waals surface area contributed by atoms with Crippen LogP contribution in [0.25, 0.3) is 0 Å². The van der Waals surface area contributed by atoms with Crippen LogP contribution in [0.3, 0.4) is 0 Å². The smallest absolute Gasteiger partial charge is 0.109 e. The van der Waals surface area contributed by atoms with E-state index in [-0.39, 0.29) is 5.54 Å². The lowest BCUT2D eigenvalue weighted by Gasteiger charge is -2.18. The van der Waals surface area contributed by atoms with Crippen LogP contribution in [0, 0.1) is 0 Å². The Balaban J connectivity index is 1.77. The second-order valence-electron chi connectivity index (χ2n) is 5.85. The van der Waals surface area contributed by atoms with Crippen molar-refractivity contribution in [1.29, 1.82) is 0 Å². The monoisotopic (exact) mass is 261 g/mol. The molecule has 2 rings (SSSR count). The van der Waals surface area contributed by atoms with Crippen molar-refractivity contribution in [2.75, 3.05) is 6.54 Å². The Kier molecular flexibility index (Phi) is 4.04. The van der Waals surface area contributed by atoms with Crippen molar-refractivity contribution < 1.29 is 0 Å². The van der Waals surface area contributed by atoms with E-state index < -0.39 is 0 Å². The van der Waals surface area contributed by atoms with Crippen molar-refractivity contribution in [3.8, 4) is 0 Å². The zero-order chi connectivity index (χ0) is 13.9.